The van der Waals surface area contributed by atoms with Crippen LogP contribution in [-0.2, 0) is 27.4 Å². The summed E-state index contributed by atoms with van der Waals surface area (Å²) in [5.74, 6) is -1.85. The van der Waals surface area contributed by atoms with Gasteiger partial charge < -0.3 is 24.1 Å². The molecule has 1 aromatic heterocycles. The van der Waals surface area contributed by atoms with E-state index in [-0.39, 0.29) is 42.3 Å². The minimum atomic E-state index is -1.46. The van der Waals surface area contributed by atoms with E-state index < -0.39 is 29.3 Å². The maximum Gasteiger partial charge on any atom is 0.359 e. The van der Waals surface area contributed by atoms with E-state index in [1.54, 1.807) is 45.2 Å². The number of aromatic nitrogens is 2. The SMILES string of the molecule is CCOC(=O)c1cccc(N2C(=O)c3c(C(=O)OC)ncn3C[C@]2(C)C(=O)NCc2ccccc2OC)c1. The number of para-hydroxylation sites is 1. The molecule has 2 amide bonds. The quantitative estimate of drug-likeness (QED) is 0.449. The molecule has 0 saturated carbocycles. The zero-order chi connectivity index (χ0) is 27.4. The van der Waals surface area contributed by atoms with Crippen molar-refractivity contribution in [1.29, 1.82) is 0 Å². The summed E-state index contributed by atoms with van der Waals surface area (Å²) in [5, 5.41) is 2.90. The van der Waals surface area contributed by atoms with Gasteiger partial charge in [0.1, 0.15) is 17.0 Å². The number of fused-ring (bicyclic) bond motifs is 1. The van der Waals surface area contributed by atoms with E-state index in [0.29, 0.717) is 5.75 Å². The second kappa shape index (κ2) is 10.8. The third kappa shape index (κ3) is 4.70. The normalized spacial score (nSPS) is 16.4. The van der Waals surface area contributed by atoms with Gasteiger partial charge in [-0.05, 0) is 38.1 Å². The number of ether oxygens (including phenoxy) is 3. The van der Waals surface area contributed by atoms with Crippen LogP contribution in [0, 0.1) is 0 Å². The van der Waals surface area contributed by atoms with Crippen molar-refractivity contribution in [2.24, 2.45) is 0 Å². The number of methoxy groups -OCH3 is 2. The number of benzene rings is 2. The number of rotatable bonds is 8. The van der Waals surface area contributed by atoms with Gasteiger partial charge in [0.15, 0.2) is 5.69 Å². The van der Waals surface area contributed by atoms with Crippen LogP contribution in [0.2, 0.25) is 0 Å². The van der Waals surface area contributed by atoms with Crippen LogP contribution >= 0.6 is 0 Å². The molecule has 2 heterocycles. The number of imidazole rings is 1. The van der Waals surface area contributed by atoms with Crippen molar-refractivity contribution in [2.45, 2.75) is 32.5 Å². The second-order valence-corrected chi connectivity index (χ2v) is 8.74. The van der Waals surface area contributed by atoms with Crippen molar-refractivity contribution in [2.75, 3.05) is 25.7 Å². The Labute approximate surface area is 219 Å². The van der Waals surface area contributed by atoms with Gasteiger partial charge in [0.2, 0.25) is 5.91 Å². The van der Waals surface area contributed by atoms with Gasteiger partial charge in [-0.2, -0.15) is 0 Å². The van der Waals surface area contributed by atoms with Crippen LogP contribution in [0.25, 0.3) is 0 Å². The maximum absolute atomic E-state index is 14.0. The number of hydrogen-bond donors (Lipinski definition) is 1. The number of carbonyl (C=O) groups excluding carboxylic acids is 4. The van der Waals surface area contributed by atoms with Crippen LogP contribution < -0.4 is 15.0 Å². The molecule has 11 nitrogen and oxygen atoms in total. The van der Waals surface area contributed by atoms with Crippen LogP contribution in [0.15, 0.2) is 54.9 Å². The van der Waals surface area contributed by atoms with E-state index in [4.69, 9.17) is 14.2 Å². The fourth-order valence-electron chi connectivity index (χ4n) is 4.48. The average Bonchev–Trinajstić information content (AvgIpc) is 3.35. The molecular weight excluding hydrogens is 492 g/mol. The molecule has 0 fully saturated rings. The van der Waals surface area contributed by atoms with Crippen molar-refractivity contribution in [1.82, 2.24) is 14.9 Å². The maximum atomic E-state index is 14.0. The lowest BCUT2D eigenvalue weighted by atomic mass is 9.93. The average molecular weight is 521 g/mol. The van der Waals surface area contributed by atoms with Gasteiger partial charge in [-0.15, -0.1) is 0 Å². The van der Waals surface area contributed by atoms with Gasteiger partial charge in [0.25, 0.3) is 5.91 Å². The number of hydrogen-bond acceptors (Lipinski definition) is 8. The van der Waals surface area contributed by atoms with Gasteiger partial charge in [-0.1, -0.05) is 24.3 Å². The first-order valence-corrected chi connectivity index (χ1v) is 11.9. The molecule has 1 atom stereocenters. The molecular formula is C27H28N4O7. The molecule has 0 aliphatic carbocycles. The smallest absolute Gasteiger partial charge is 0.359 e. The van der Waals surface area contributed by atoms with Crippen LogP contribution in [0.1, 0.15) is 50.7 Å². The van der Waals surface area contributed by atoms with Crippen LogP contribution in [0.4, 0.5) is 5.69 Å². The summed E-state index contributed by atoms with van der Waals surface area (Å²) < 4.78 is 16.7. The van der Waals surface area contributed by atoms with Gasteiger partial charge in [0.05, 0.1) is 39.3 Å². The first-order valence-electron chi connectivity index (χ1n) is 11.9. The van der Waals surface area contributed by atoms with Gasteiger partial charge >= 0.3 is 11.9 Å². The standard InChI is InChI=1S/C27H28N4O7/c1-5-38-24(33)17-10-8-11-19(13-17)31-23(32)22-21(25(34)37-4)29-16-30(22)15-27(31,2)26(35)28-14-18-9-6-7-12-20(18)36-3/h6-13,16H,5,14-15H2,1-4H3,(H,28,35)/t27-/m1/s1. The Morgan fingerprint density at radius 1 is 1.08 bits per heavy atom. The first kappa shape index (κ1) is 26.4. The van der Waals surface area contributed by atoms with Gasteiger partial charge in [0, 0.05) is 17.8 Å². The summed E-state index contributed by atoms with van der Waals surface area (Å²) >= 11 is 0. The molecule has 0 unspecified atom stereocenters. The van der Waals surface area contributed by atoms with Crippen LogP contribution in [0.3, 0.4) is 0 Å². The molecule has 198 valence electrons. The molecule has 38 heavy (non-hydrogen) atoms. The highest BCUT2D eigenvalue weighted by atomic mass is 16.5. The predicted octanol–water partition coefficient (Wildman–Crippen LogP) is 2.59. The lowest BCUT2D eigenvalue weighted by Crippen LogP contribution is -2.64. The third-order valence-corrected chi connectivity index (χ3v) is 6.33. The molecule has 1 aliphatic rings. The topological polar surface area (TPSA) is 129 Å². The highest BCUT2D eigenvalue weighted by Crippen LogP contribution is 2.34. The first-order chi connectivity index (χ1) is 18.2. The monoisotopic (exact) mass is 520 g/mol. The van der Waals surface area contributed by atoms with E-state index in [9.17, 15) is 19.2 Å². The summed E-state index contributed by atoms with van der Waals surface area (Å²) in [6, 6.07) is 13.5. The number of nitrogens with one attached hydrogen (secondary N) is 1. The highest BCUT2D eigenvalue weighted by Gasteiger charge is 2.50. The van der Waals surface area contributed by atoms with Crippen molar-refractivity contribution in [3.05, 3.63) is 77.4 Å². The number of carbonyl (C=O) groups is 4. The largest absolute Gasteiger partial charge is 0.496 e. The second-order valence-electron chi connectivity index (χ2n) is 8.74. The number of amides is 2. The predicted molar refractivity (Wildman–Crippen MR) is 136 cm³/mol. The number of esters is 2. The summed E-state index contributed by atoms with van der Waals surface area (Å²) in [4.78, 5) is 57.9. The number of anilines is 1. The van der Waals surface area contributed by atoms with E-state index in [1.165, 1.54) is 29.0 Å². The van der Waals surface area contributed by atoms with E-state index in [1.807, 2.05) is 18.2 Å². The zero-order valence-corrected chi connectivity index (χ0v) is 21.5. The van der Waals surface area contributed by atoms with E-state index in [0.717, 1.165) is 5.56 Å². The Bertz CT molecular complexity index is 1400. The molecule has 11 heteroatoms. The molecule has 0 spiro atoms. The Morgan fingerprint density at radius 3 is 2.55 bits per heavy atom. The fraction of sp³-hybridized carbons (Fsp3) is 0.296. The molecule has 0 bridgehead atoms. The van der Waals surface area contributed by atoms with Crippen molar-refractivity contribution in [3.8, 4) is 5.75 Å². The zero-order valence-electron chi connectivity index (χ0n) is 21.5. The van der Waals surface area contributed by atoms with Crippen molar-refractivity contribution >= 4 is 29.4 Å². The minimum Gasteiger partial charge on any atom is -0.496 e. The lowest BCUT2D eigenvalue weighted by Gasteiger charge is -2.43. The minimum absolute atomic E-state index is 0.0144. The van der Waals surface area contributed by atoms with E-state index >= 15 is 0 Å². The van der Waals surface area contributed by atoms with Crippen molar-refractivity contribution in [3.63, 3.8) is 0 Å². The van der Waals surface area contributed by atoms with Gasteiger partial charge in [-0.3, -0.25) is 14.5 Å². The van der Waals surface area contributed by atoms with Crippen LogP contribution in [0.5, 0.6) is 5.75 Å². The molecule has 0 saturated heterocycles. The Kier molecular flexibility index (Phi) is 7.47. The summed E-state index contributed by atoms with van der Waals surface area (Å²) in [7, 11) is 2.73. The number of nitrogens with zero attached hydrogens (tertiary/aromatic N) is 3. The Hall–Kier alpha value is -4.67. The molecule has 2 aromatic carbocycles. The molecule has 1 N–H and O–H groups in total. The fourth-order valence-corrected chi connectivity index (χ4v) is 4.48. The summed E-state index contributed by atoms with van der Waals surface area (Å²) in [5.41, 5.74) is -0.414. The van der Waals surface area contributed by atoms with Crippen molar-refractivity contribution < 1.29 is 33.4 Å². The molecule has 1 aliphatic heterocycles. The summed E-state index contributed by atoms with van der Waals surface area (Å²) in [6.07, 6.45) is 1.33. The third-order valence-electron chi connectivity index (χ3n) is 6.33. The molecule has 4 rings (SSSR count). The Balaban J connectivity index is 1.77. The molecule has 3 aromatic rings. The Morgan fingerprint density at radius 2 is 1.84 bits per heavy atom. The lowest BCUT2D eigenvalue weighted by molar-refractivity contribution is -0.126. The molecule has 0 radical (unpaired) electrons. The summed E-state index contributed by atoms with van der Waals surface area (Å²) in [6.45, 7) is 3.61. The van der Waals surface area contributed by atoms with Gasteiger partial charge in [-0.25, -0.2) is 14.6 Å². The van der Waals surface area contributed by atoms with Crippen LogP contribution in [-0.4, -0.2) is 59.7 Å². The highest BCUT2D eigenvalue weighted by molar-refractivity contribution is 6.15. The van der Waals surface area contributed by atoms with E-state index in [2.05, 4.69) is 10.3 Å².